The minimum atomic E-state index is -0.680. The van der Waals surface area contributed by atoms with Crippen LogP contribution in [-0.4, -0.2) is 35.1 Å². The first-order valence-corrected chi connectivity index (χ1v) is 6.77. The maximum absolute atomic E-state index is 13.4. The van der Waals surface area contributed by atoms with E-state index in [0.29, 0.717) is 13.0 Å². The highest BCUT2D eigenvalue weighted by molar-refractivity contribution is 6.36. The standard InChI is InChI=1S/C13H14Cl2FNO2/c1-7-2-3-17(6-12(7)18)13(19)8-4-11(16)10(15)5-9(8)14/h4-5,7,12,18H,2-3,6H2,1H3. The molecule has 2 rings (SSSR count). The summed E-state index contributed by atoms with van der Waals surface area (Å²) in [5, 5.41) is 9.79. The van der Waals surface area contributed by atoms with Crippen LogP contribution in [0.4, 0.5) is 4.39 Å². The summed E-state index contributed by atoms with van der Waals surface area (Å²) in [6.07, 6.45) is 0.147. The van der Waals surface area contributed by atoms with Crippen LogP contribution in [-0.2, 0) is 0 Å². The molecule has 19 heavy (non-hydrogen) atoms. The Morgan fingerprint density at radius 1 is 1.42 bits per heavy atom. The summed E-state index contributed by atoms with van der Waals surface area (Å²) in [6.45, 7) is 2.69. The second-order valence-electron chi connectivity index (χ2n) is 4.83. The lowest BCUT2D eigenvalue weighted by Gasteiger charge is -2.34. The number of rotatable bonds is 1. The van der Waals surface area contributed by atoms with E-state index in [1.807, 2.05) is 6.92 Å². The van der Waals surface area contributed by atoms with Crippen molar-refractivity contribution in [2.45, 2.75) is 19.4 Å². The monoisotopic (exact) mass is 305 g/mol. The molecule has 6 heteroatoms. The summed E-state index contributed by atoms with van der Waals surface area (Å²) in [5.41, 5.74) is 0.0744. The van der Waals surface area contributed by atoms with Crippen LogP contribution in [0.25, 0.3) is 0 Å². The second-order valence-corrected chi connectivity index (χ2v) is 5.65. The normalized spacial score (nSPS) is 23.5. The molecule has 1 aromatic carbocycles. The van der Waals surface area contributed by atoms with Gasteiger partial charge in [0, 0.05) is 13.1 Å². The number of benzene rings is 1. The van der Waals surface area contributed by atoms with E-state index < -0.39 is 11.9 Å². The van der Waals surface area contributed by atoms with Gasteiger partial charge in [-0.05, 0) is 24.5 Å². The first-order chi connectivity index (χ1) is 8.90. The van der Waals surface area contributed by atoms with Crippen LogP contribution in [0.2, 0.25) is 10.0 Å². The van der Waals surface area contributed by atoms with Gasteiger partial charge in [0.2, 0.25) is 0 Å². The summed E-state index contributed by atoms with van der Waals surface area (Å²) >= 11 is 11.5. The quantitative estimate of drug-likeness (QED) is 0.810. The average Bonchev–Trinajstić information content (AvgIpc) is 2.36. The number of aliphatic hydroxyl groups excluding tert-OH is 1. The SMILES string of the molecule is CC1CCN(C(=O)c2cc(F)c(Cl)cc2Cl)CC1O. The van der Waals surface area contributed by atoms with Gasteiger partial charge in [-0.2, -0.15) is 0 Å². The molecule has 2 atom stereocenters. The first kappa shape index (κ1) is 14.6. The van der Waals surface area contributed by atoms with Crippen LogP contribution in [0.15, 0.2) is 12.1 Å². The molecular formula is C13H14Cl2FNO2. The van der Waals surface area contributed by atoms with Crippen molar-refractivity contribution in [1.29, 1.82) is 0 Å². The van der Waals surface area contributed by atoms with Crippen LogP contribution >= 0.6 is 23.2 Å². The number of aliphatic hydroxyl groups is 1. The number of hydrogen-bond acceptors (Lipinski definition) is 2. The second kappa shape index (κ2) is 5.65. The number of carbonyl (C=O) groups excluding carboxylic acids is 1. The summed E-state index contributed by atoms with van der Waals surface area (Å²) in [5.74, 6) is -0.909. The van der Waals surface area contributed by atoms with Gasteiger partial charge in [0.25, 0.3) is 5.91 Å². The number of nitrogens with zero attached hydrogens (tertiary/aromatic N) is 1. The molecule has 1 amide bonds. The van der Waals surface area contributed by atoms with Crippen molar-refractivity contribution in [2.75, 3.05) is 13.1 Å². The van der Waals surface area contributed by atoms with Gasteiger partial charge < -0.3 is 10.0 Å². The number of halogens is 3. The maximum atomic E-state index is 13.4. The molecule has 0 spiro atoms. The summed E-state index contributed by atoms with van der Waals surface area (Å²) in [7, 11) is 0. The predicted octanol–water partition coefficient (Wildman–Crippen LogP) is 2.98. The van der Waals surface area contributed by atoms with Gasteiger partial charge in [0.15, 0.2) is 0 Å². The topological polar surface area (TPSA) is 40.5 Å². The highest BCUT2D eigenvalue weighted by atomic mass is 35.5. The summed E-state index contributed by atoms with van der Waals surface area (Å²) in [4.78, 5) is 13.7. The average molecular weight is 306 g/mol. The van der Waals surface area contributed by atoms with Gasteiger partial charge in [-0.3, -0.25) is 4.79 Å². The van der Waals surface area contributed by atoms with Crippen molar-refractivity contribution in [3.05, 3.63) is 33.6 Å². The van der Waals surface area contributed by atoms with E-state index in [1.54, 1.807) is 0 Å². The molecule has 1 aliphatic heterocycles. The molecule has 0 saturated carbocycles. The maximum Gasteiger partial charge on any atom is 0.255 e. The van der Waals surface area contributed by atoms with Gasteiger partial charge in [0.1, 0.15) is 5.82 Å². The van der Waals surface area contributed by atoms with Crippen LogP contribution in [0, 0.1) is 11.7 Å². The largest absolute Gasteiger partial charge is 0.391 e. The summed E-state index contributed by atoms with van der Waals surface area (Å²) < 4.78 is 13.4. The molecule has 0 radical (unpaired) electrons. The molecule has 104 valence electrons. The predicted molar refractivity (Wildman–Crippen MR) is 72.1 cm³/mol. The van der Waals surface area contributed by atoms with E-state index in [0.717, 1.165) is 6.07 Å². The highest BCUT2D eigenvalue weighted by Gasteiger charge is 2.29. The van der Waals surface area contributed by atoms with Crippen LogP contribution in [0.5, 0.6) is 0 Å². The Balaban J connectivity index is 2.23. The van der Waals surface area contributed by atoms with Gasteiger partial charge in [-0.25, -0.2) is 4.39 Å². The molecular weight excluding hydrogens is 292 g/mol. The number of likely N-dealkylation sites (tertiary alicyclic amines) is 1. The molecule has 2 unspecified atom stereocenters. The lowest BCUT2D eigenvalue weighted by Crippen LogP contribution is -2.45. The van der Waals surface area contributed by atoms with Crippen LogP contribution in [0.1, 0.15) is 23.7 Å². The van der Waals surface area contributed by atoms with Gasteiger partial charge in [-0.15, -0.1) is 0 Å². The van der Waals surface area contributed by atoms with E-state index in [1.165, 1.54) is 11.0 Å². The fourth-order valence-corrected chi connectivity index (χ4v) is 2.55. The Bertz CT molecular complexity index is 510. The van der Waals surface area contributed by atoms with Gasteiger partial charge in [0.05, 0.1) is 21.7 Å². The third-order valence-electron chi connectivity index (χ3n) is 3.45. The minimum absolute atomic E-state index is 0.0744. The number of amides is 1. The lowest BCUT2D eigenvalue weighted by atomic mass is 9.95. The van der Waals surface area contributed by atoms with Crippen LogP contribution < -0.4 is 0 Å². The molecule has 1 aromatic rings. The zero-order chi connectivity index (χ0) is 14.2. The Labute approximate surface area is 120 Å². The molecule has 0 bridgehead atoms. The van der Waals surface area contributed by atoms with E-state index in [4.69, 9.17) is 23.2 Å². The minimum Gasteiger partial charge on any atom is -0.391 e. The number of piperidine rings is 1. The van der Waals surface area contributed by atoms with Crippen molar-refractivity contribution < 1.29 is 14.3 Å². The van der Waals surface area contributed by atoms with Crippen molar-refractivity contribution in [2.24, 2.45) is 5.92 Å². The number of carbonyl (C=O) groups is 1. The number of β-amino-alcohol motifs (C(OH)–C–C–N with tert-alkyl or cyclic N) is 1. The molecule has 3 nitrogen and oxygen atoms in total. The molecule has 1 saturated heterocycles. The first-order valence-electron chi connectivity index (χ1n) is 6.02. The molecule has 0 aromatic heterocycles. The van der Waals surface area contributed by atoms with Crippen molar-refractivity contribution >= 4 is 29.1 Å². The third kappa shape index (κ3) is 3.02. The summed E-state index contributed by atoms with van der Waals surface area (Å²) in [6, 6.07) is 2.26. The molecule has 1 heterocycles. The fourth-order valence-electron chi connectivity index (χ4n) is 2.09. The smallest absolute Gasteiger partial charge is 0.255 e. The Morgan fingerprint density at radius 3 is 2.74 bits per heavy atom. The van der Waals surface area contributed by atoms with Gasteiger partial charge >= 0.3 is 0 Å². The van der Waals surface area contributed by atoms with E-state index in [2.05, 4.69) is 0 Å². The zero-order valence-electron chi connectivity index (χ0n) is 10.4. The molecule has 1 fully saturated rings. The van der Waals surface area contributed by atoms with Gasteiger partial charge in [-0.1, -0.05) is 30.1 Å². The fraction of sp³-hybridized carbons (Fsp3) is 0.462. The van der Waals surface area contributed by atoms with E-state index >= 15 is 0 Å². The Kier molecular flexibility index (Phi) is 4.33. The van der Waals surface area contributed by atoms with Crippen molar-refractivity contribution in [3.63, 3.8) is 0 Å². The van der Waals surface area contributed by atoms with Crippen molar-refractivity contribution in [1.82, 2.24) is 4.90 Å². The Hall–Kier alpha value is -0.840. The van der Waals surface area contributed by atoms with Crippen molar-refractivity contribution in [3.8, 4) is 0 Å². The van der Waals surface area contributed by atoms with E-state index in [-0.39, 0.29) is 34.0 Å². The van der Waals surface area contributed by atoms with E-state index in [9.17, 15) is 14.3 Å². The molecule has 1 aliphatic rings. The number of hydrogen-bond donors (Lipinski definition) is 1. The third-order valence-corrected chi connectivity index (χ3v) is 4.05. The lowest BCUT2D eigenvalue weighted by molar-refractivity contribution is 0.0248. The zero-order valence-corrected chi connectivity index (χ0v) is 11.9. The molecule has 0 aliphatic carbocycles. The highest BCUT2D eigenvalue weighted by Crippen LogP contribution is 2.27. The van der Waals surface area contributed by atoms with Crippen LogP contribution in [0.3, 0.4) is 0 Å². The molecule has 1 N–H and O–H groups in total. The Morgan fingerprint density at radius 2 is 2.11 bits per heavy atom.